The molecule has 100 valence electrons. The lowest BCUT2D eigenvalue weighted by Crippen LogP contribution is -1.97. The van der Waals surface area contributed by atoms with Gasteiger partial charge in [-0.25, -0.2) is 0 Å². The normalized spacial score (nSPS) is 10.7. The Morgan fingerprint density at radius 2 is 1.68 bits per heavy atom. The summed E-state index contributed by atoms with van der Waals surface area (Å²) in [5, 5.41) is 8.99. The lowest BCUT2D eigenvalue weighted by atomic mass is 10.0. The first-order valence-electron chi connectivity index (χ1n) is 6.60. The van der Waals surface area contributed by atoms with E-state index in [1.165, 1.54) is 5.56 Å². The van der Waals surface area contributed by atoms with Crippen LogP contribution in [0.25, 0.3) is 0 Å². The Labute approximate surface area is 114 Å². The standard InChI is InChI=1S/C17H20O2/c1-13(2)16-4-3-5-17(10-16)19-12-15-8-6-14(11-18)7-9-15/h3-10,13,18H,11-12H2,1-2H3. The molecule has 0 aliphatic rings. The average molecular weight is 256 g/mol. The summed E-state index contributed by atoms with van der Waals surface area (Å²) < 4.78 is 5.79. The zero-order chi connectivity index (χ0) is 13.7. The van der Waals surface area contributed by atoms with Crippen LogP contribution >= 0.6 is 0 Å². The van der Waals surface area contributed by atoms with Crippen LogP contribution in [0.15, 0.2) is 48.5 Å². The lowest BCUT2D eigenvalue weighted by Gasteiger charge is -2.10. The smallest absolute Gasteiger partial charge is 0.120 e. The van der Waals surface area contributed by atoms with Gasteiger partial charge in [0, 0.05) is 0 Å². The molecule has 0 saturated heterocycles. The van der Waals surface area contributed by atoms with Crippen LogP contribution in [0.5, 0.6) is 5.75 Å². The molecule has 19 heavy (non-hydrogen) atoms. The minimum Gasteiger partial charge on any atom is -0.489 e. The summed E-state index contributed by atoms with van der Waals surface area (Å²) in [6.45, 7) is 4.98. The van der Waals surface area contributed by atoms with Crippen molar-refractivity contribution in [2.75, 3.05) is 0 Å². The molecule has 0 spiro atoms. The van der Waals surface area contributed by atoms with E-state index in [9.17, 15) is 0 Å². The van der Waals surface area contributed by atoms with Gasteiger partial charge in [0.25, 0.3) is 0 Å². The summed E-state index contributed by atoms with van der Waals surface area (Å²) in [4.78, 5) is 0. The van der Waals surface area contributed by atoms with E-state index in [4.69, 9.17) is 9.84 Å². The molecule has 0 amide bonds. The second-order valence-electron chi connectivity index (χ2n) is 4.99. The van der Waals surface area contributed by atoms with Crippen molar-refractivity contribution in [1.82, 2.24) is 0 Å². The Kier molecular flexibility index (Phi) is 4.58. The Balaban J connectivity index is 1.99. The molecule has 0 aliphatic heterocycles. The molecule has 2 aromatic rings. The SMILES string of the molecule is CC(C)c1cccc(OCc2ccc(CO)cc2)c1. The minimum atomic E-state index is 0.0809. The molecular formula is C17H20O2. The van der Waals surface area contributed by atoms with E-state index in [2.05, 4.69) is 26.0 Å². The van der Waals surface area contributed by atoms with E-state index >= 15 is 0 Å². The number of aliphatic hydroxyl groups excluding tert-OH is 1. The maximum absolute atomic E-state index is 8.99. The van der Waals surface area contributed by atoms with Gasteiger partial charge in [-0.2, -0.15) is 0 Å². The molecule has 0 heterocycles. The van der Waals surface area contributed by atoms with Crippen LogP contribution in [0.3, 0.4) is 0 Å². The van der Waals surface area contributed by atoms with Crippen molar-refractivity contribution in [1.29, 1.82) is 0 Å². The van der Waals surface area contributed by atoms with Crippen molar-refractivity contribution >= 4 is 0 Å². The van der Waals surface area contributed by atoms with E-state index in [0.29, 0.717) is 12.5 Å². The predicted molar refractivity (Wildman–Crippen MR) is 77.2 cm³/mol. The molecule has 0 aromatic heterocycles. The van der Waals surface area contributed by atoms with Crippen LogP contribution in [-0.4, -0.2) is 5.11 Å². The number of hydrogen-bond donors (Lipinski definition) is 1. The monoisotopic (exact) mass is 256 g/mol. The molecule has 0 bridgehead atoms. The van der Waals surface area contributed by atoms with Crippen LogP contribution < -0.4 is 4.74 Å². The van der Waals surface area contributed by atoms with E-state index in [-0.39, 0.29) is 6.61 Å². The first kappa shape index (κ1) is 13.6. The van der Waals surface area contributed by atoms with E-state index in [1.807, 2.05) is 36.4 Å². The van der Waals surface area contributed by atoms with Crippen LogP contribution in [0, 0.1) is 0 Å². The van der Waals surface area contributed by atoms with Gasteiger partial charge in [-0.05, 0) is 34.7 Å². The number of aliphatic hydroxyl groups is 1. The molecule has 2 nitrogen and oxygen atoms in total. The highest BCUT2D eigenvalue weighted by molar-refractivity contribution is 5.30. The van der Waals surface area contributed by atoms with Crippen molar-refractivity contribution in [3.63, 3.8) is 0 Å². The van der Waals surface area contributed by atoms with Gasteiger partial charge in [-0.3, -0.25) is 0 Å². The van der Waals surface area contributed by atoms with Crippen molar-refractivity contribution in [2.45, 2.75) is 33.0 Å². The van der Waals surface area contributed by atoms with Crippen molar-refractivity contribution in [3.8, 4) is 5.75 Å². The Morgan fingerprint density at radius 1 is 1.00 bits per heavy atom. The summed E-state index contributed by atoms with van der Waals surface area (Å²) in [6.07, 6.45) is 0. The topological polar surface area (TPSA) is 29.5 Å². The van der Waals surface area contributed by atoms with E-state index in [0.717, 1.165) is 16.9 Å². The molecule has 0 radical (unpaired) electrons. The molecule has 0 atom stereocenters. The zero-order valence-corrected chi connectivity index (χ0v) is 11.5. The van der Waals surface area contributed by atoms with Crippen molar-refractivity contribution in [2.24, 2.45) is 0 Å². The quantitative estimate of drug-likeness (QED) is 0.879. The molecule has 1 N–H and O–H groups in total. The fraction of sp³-hybridized carbons (Fsp3) is 0.294. The third-order valence-corrected chi connectivity index (χ3v) is 3.14. The van der Waals surface area contributed by atoms with Crippen LogP contribution in [0.4, 0.5) is 0 Å². The van der Waals surface area contributed by atoms with E-state index < -0.39 is 0 Å². The Bertz CT molecular complexity index is 515. The van der Waals surface area contributed by atoms with Gasteiger partial charge in [0.15, 0.2) is 0 Å². The highest BCUT2D eigenvalue weighted by Gasteiger charge is 2.01. The minimum absolute atomic E-state index is 0.0809. The second kappa shape index (κ2) is 6.39. The summed E-state index contributed by atoms with van der Waals surface area (Å²) in [7, 11) is 0. The molecule has 0 aliphatic carbocycles. The number of rotatable bonds is 5. The molecule has 2 heteroatoms. The van der Waals surface area contributed by atoms with Crippen molar-refractivity contribution in [3.05, 3.63) is 65.2 Å². The molecule has 2 aromatic carbocycles. The molecule has 0 unspecified atom stereocenters. The molecule has 2 rings (SSSR count). The molecule has 0 saturated carbocycles. The molecular weight excluding hydrogens is 236 g/mol. The van der Waals surface area contributed by atoms with Gasteiger partial charge in [-0.15, -0.1) is 0 Å². The maximum Gasteiger partial charge on any atom is 0.120 e. The summed E-state index contributed by atoms with van der Waals surface area (Å²) in [5.41, 5.74) is 3.31. The predicted octanol–water partition coefficient (Wildman–Crippen LogP) is 3.88. The summed E-state index contributed by atoms with van der Waals surface area (Å²) in [6, 6.07) is 16.0. The lowest BCUT2D eigenvalue weighted by molar-refractivity contribution is 0.281. The van der Waals surface area contributed by atoms with Gasteiger partial charge >= 0.3 is 0 Å². The number of hydrogen-bond acceptors (Lipinski definition) is 2. The largest absolute Gasteiger partial charge is 0.489 e. The van der Waals surface area contributed by atoms with Gasteiger partial charge in [0.05, 0.1) is 6.61 Å². The van der Waals surface area contributed by atoms with Crippen LogP contribution in [0.1, 0.15) is 36.5 Å². The second-order valence-corrected chi connectivity index (χ2v) is 4.99. The zero-order valence-electron chi connectivity index (χ0n) is 11.5. The highest BCUT2D eigenvalue weighted by Crippen LogP contribution is 2.21. The summed E-state index contributed by atoms with van der Waals surface area (Å²) >= 11 is 0. The van der Waals surface area contributed by atoms with Crippen LogP contribution in [-0.2, 0) is 13.2 Å². The fourth-order valence-corrected chi connectivity index (χ4v) is 1.87. The Hall–Kier alpha value is -1.80. The summed E-state index contributed by atoms with van der Waals surface area (Å²) in [5.74, 6) is 1.41. The van der Waals surface area contributed by atoms with Crippen LogP contribution in [0.2, 0.25) is 0 Å². The van der Waals surface area contributed by atoms with Gasteiger partial charge in [0.2, 0.25) is 0 Å². The van der Waals surface area contributed by atoms with Crippen molar-refractivity contribution < 1.29 is 9.84 Å². The first-order chi connectivity index (χ1) is 9.19. The highest BCUT2D eigenvalue weighted by atomic mass is 16.5. The van der Waals surface area contributed by atoms with Gasteiger partial charge in [0.1, 0.15) is 12.4 Å². The fourth-order valence-electron chi connectivity index (χ4n) is 1.87. The van der Waals surface area contributed by atoms with Gasteiger partial charge in [-0.1, -0.05) is 50.2 Å². The average Bonchev–Trinajstić information content (AvgIpc) is 2.46. The van der Waals surface area contributed by atoms with Gasteiger partial charge < -0.3 is 9.84 Å². The maximum atomic E-state index is 8.99. The third-order valence-electron chi connectivity index (χ3n) is 3.14. The third kappa shape index (κ3) is 3.83. The molecule has 0 fully saturated rings. The van der Waals surface area contributed by atoms with E-state index in [1.54, 1.807) is 0 Å². The number of benzene rings is 2. The number of ether oxygens (including phenoxy) is 1. The first-order valence-corrected chi connectivity index (χ1v) is 6.60. The Morgan fingerprint density at radius 3 is 2.32 bits per heavy atom.